The molecular weight excluding hydrogens is 470 g/mol. The monoisotopic (exact) mass is 503 g/mol. The van der Waals surface area contributed by atoms with Crippen LogP contribution in [0.2, 0.25) is 0 Å². The third-order valence-electron chi connectivity index (χ3n) is 6.34. The molecule has 0 unspecified atom stereocenters. The summed E-state index contributed by atoms with van der Waals surface area (Å²) in [6.07, 6.45) is 7.99. The van der Waals surface area contributed by atoms with E-state index in [0.29, 0.717) is 12.5 Å². The highest BCUT2D eigenvalue weighted by molar-refractivity contribution is 7.22. The van der Waals surface area contributed by atoms with E-state index in [1.54, 1.807) is 37.6 Å². The van der Waals surface area contributed by atoms with Gasteiger partial charge in [-0.1, -0.05) is 18.3 Å². The summed E-state index contributed by atoms with van der Waals surface area (Å²) in [4.78, 5) is 21.0. The van der Waals surface area contributed by atoms with Gasteiger partial charge in [0.2, 0.25) is 0 Å². The van der Waals surface area contributed by atoms with E-state index < -0.39 is 5.60 Å². The van der Waals surface area contributed by atoms with Crippen LogP contribution in [0.5, 0.6) is 0 Å². The summed E-state index contributed by atoms with van der Waals surface area (Å²) in [6.45, 7) is 10.3. The van der Waals surface area contributed by atoms with Crippen molar-refractivity contribution in [2.45, 2.75) is 45.8 Å². The Morgan fingerprint density at radius 2 is 1.83 bits per heavy atom. The average Bonchev–Trinajstić information content (AvgIpc) is 3.53. The summed E-state index contributed by atoms with van der Waals surface area (Å²) >= 11 is 1.64. The predicted molar refractivity (Wildman–Crippen MR) is 146 cm³/mol. The topological polar surface area (TPSA) is 99.1 Å². The highest BCUT2D eigenvalue weighted by Crippen LogP contribution is 2.38. The summed E-state index contributed by atoms with van der Waals surface area (Å²) in [5.74, 6) is 0.396. The van der Waals surface area contributed by atoms with Crippen molar-refractivity contribution in [3.8, 4) is 22.4 Å². The summed E-state index contributed by atoms with van der Waals surface area (Å²) in [7, 11) is 0. The number of pyridine rings is 1. The van der Waals surface area contributed by atoms with Gasteiger partial charge in [0, 0.05) is 36.3 Å². The molecule has 3 aromatic heterocycles. The minimum Gasteiger partial charge on any atom is -0.382 e. The maximum absolute atomic E-state index is 10.2. The van der Waals surface area contributed by atoms with E-state index in [0.717, 1.165) is 63.9 Å². The normalized spacial score (nSPS) is 14.6. The van der Waals surface area contributed by atoms with Crippen LogP contribution in [0.15, 0.2) is 42.9 Å². The Labute approximate surface area is 215 Å². The van der Waals surface area contributed by atoms with Crippen molar-refractivity contribution in [2.24, 2.45) is 0 Å². The van der Waals surface area contributed by atoms with Crippen LogP contribution in [-0.2, 0) is 12.1 Å². The van der Waals surface area contributed by atoms with E-state index in [-0.39, 0.29) is 0 Å². The minimum atomic E-state index is -1.09. The molecule has 36 heavy (non-hydrogen) atoms. The smallest absolute Gasteiger partial charge is 0.184 e. The number of thiazole rings is 1. The Balaban J connectivity index is 1.56. The van der Waals surface area contributed by atoms with Gasteiger partial charge in [0.1, 0.15) is 5.60 Å². The zero-order valence-electron chi connectivity index (χ0n) is 21.1. The number of benzene rings is 1. The zero-order valence-corrected chi connectivity index (χ0v) is 21.9. The van der Waals surface area contributed by atoms with Crippen LogP contribution >= 0.6 is 11.3 Å². The summed E-state index contributed by atoms with van der Waals surface area (Å²) in [5, 5.41) is 17.8. The van der Waals surface area contributed by atoms with Crippen LogP contribution in [0.4, 0.5) is 5.13 Å². The van der Waals surface area contributed by atoms with Crippen LogP contribution in [0, 0.1) is 0 Å². The lowest BCUT2D eigenvalue weighted by Gasteiger charge is -2.16. The van der Waals surface area contributed by atoms with Crippen molar-refractivity contribution in [3.63, 3.8) is 0 Å². The van der Waals surface area contributed by atoms with Gasteiger partial charge in [-0.2, -0.15) is 0 Å². The summed E-state index contributed by atoms with van der Waals surface area (Å²) in [5.41, 5.74) is 4.92. The van der Waals surface area contributed by atoms with Gasteiger partial charge in [-0.15, -0.1) is 0 Å². The van der Waals surface area contributed by atoms with Crippen molar-refractivity contribution in [1.82, 2.24) is 30.2 Å². The number of hydrogen-bond donors (Lipinski definition) is 3. The molecule has 0 atom stereocenters. The van der Waals surface area contributed by atoms with Crippen molar-refractivity contribution in [1.29, 1.82) is 0 Å². The Morgan fingerprint density at radius 3 is 2.56 bits per heavy atom. The summed E-state index contributed by atoms with van der Waals surface area (Å²) in [6, 6.07) is 8.54. The van der Waals surface area contributed by atoms with E-state index in [4.69, 9.17) is 9.97 Å². The molecule has 188 valence electrons. The van der Waals surface area contributed by atoms with Gasteiger partial charge < -0.3 is 15.7 Å². The van der Waals surface area contributed by atoms with Gasteiger partial charge in [-0.25, -0.2) is 15.0 Å². The van der Waals surface area contributed by atoms with E-state index in [9.17, 15) is 5.11 Å². The fourth-order valence-corrected chi connectivity index (χ4v) is 5.40. The lowest BCUT2D eigenvalue weighted by molar-refractivity contribution is 0.0687. The molecule has 1 aliphatic rings. The number of nitrogens with zero attached hydrogens (tertiary/aromatic N) is 5. The maximum Gasteiger partial charge on any atom is 0.184 e. The van der Waals surface area contributed by atoms with Crippen LogP contribution in [0.1, 0.15) is 45.0 Å². The Hall–Kier alpha value is -2.98. The summed E-state index contributed by atoms with van der Waals surface area (Å²) < 4.78 is 1.10. The van der Waals surface area contributed by atoms with E-state index in [2.05, 4.69) is 56.7 Å². The SMILES string of the molecule is CCNCNc1nc2cc(-c3cnc(C(C)(C)O)nc3)cc(-c3cc(CN4CCCC4)ccn3)c2s1. The number of rotatable bonds is 9. The molecule has 1 aliphatic heterocycles. The van der Waals surface area contributed by atoms with Crippen molar-refractivity contribution in [3.05, 3.63) is 54.2 Å². The van der Waals surface area contributed by atoms with Gasteiger partial charge in [-0.05, 0) is 81.7 Å². The van der Waals surface area contributed by atoms with Gasteiger partial charge in [0.15, 0.2) is 11.0 Å². The van der Waals surface area contributed by atoms with Gasteiger partial charge in [0.05, 0.1) is 22.6 Å². The Morgan fingerprint density at radius 1 is 1.06 bits per heavy atom. The largest absolute Gasteiger partial charge is 0.382 e. The molecule has 5 rings (SSSR count). The third-order valence-corrected chi connectivity index (χ3v) is 7.40. The van der Waals surface area contributed by atoms with E-state index in [1.165, 1.54) is 18.4 Å². The molecule has 3 N–H and O–H groups in total. The van der Waals surface area contributed by atoms with Crippen LogP contribution < -0.4 is 10.6 Å². The number of hydrogen-bond acceptors (Lipinski definition) is 9. The second-order valence-corrected chi connectivity index (χ2v) is 10.7. The first kappa shape index (κ1) is 24.7. The minimum absolute atomic E-state index is 0.396. The molecule has 0 radical (unpaired) electrons. The average molecular weight is 504 g/mol. The van der Waals surface area contributed by atoms with Crippen molar-refractivity contribution < 1.29 is 5.11 Å². The second kappa shape index (κ2) is 10.6. The maximum atomic E-state index is 10.2. The molecule has 0 bridgehead atoms. The third kappa shape index (κ3) is 5.54. The first-order valence-corrected chi connectivity index (χ1v) is 13.3. The molecule has 0 amide bonds. The molecule has 8 nitrogen and oxygen atoms in total. The fraction of sp³-hybridized carbons (Fsp3) is 0.407. The number of fused-ring (bicyclic) bond motifs is 1. The number of aromatic nitrogens is 4. The number of nitrogens with one attached hydrogen (secondary N) is 2. The molecule has 0 spiro atoms. The molecular formula is C27H33N7OS. The highest BCUT2D eigenvalue weighted by atomic mass is 32.1. The fourth-order valence-electron chi connectivity index (χ4n) is 4.44. The van der Waals surface area contributed by atoms with Crippen molar-refractivity contribution in [2.75, 3.05) is 31.6 Å². The molecule has 0 saturated carbocycles. The van der Waals surface area contributed by atoms with Crippen molar-refractivity contribution >= 4 is 26.7 Å². The first-order chi connectivity index (χ1) is 17.4. The first-order valence-electron chi connectivity index (χ1n) is 12.5. The molecule has 0 aliphatic carbocycles. The second-order valence-electron chi connectivity index (χ2n) is 9.74. The zero-order chi connectivity index (χ0) is 25.1. The molecule has 4 aromatic rings. The molecule has 1 fully saturated rings. The molecule has 1 aromatic carbocycles. The van der Waals surface area contributed by atoms with E-state index >= 15 is 0 Å². The van der Waals surface area contributed by atoms with Gasteiger partial charge in [-0.3, -0.25) is 9.88 Å². The van der Waals surface area contributed by atoms with E-state index in [1.807, 2.05) is 6.20 Å². The molecule has 4 heterocycles. The van der Waals surface area contributed by atoms with Crippen LogP contribution in [-0.4, -0.2) is 56.2 Å². The number of aliphatic hydroxyl groups is 1. The Bertz CT molecular complexity index is 1320. The standard InChI is InChI=1S/C27H33N7OS/c1-4-28-17-32-26-33-23-13-19(20-14-30-25(31-15-20)27(2,3)35)12-21(24(23)36-26)22-11-18(7-8-29-22)16-34-9-5-6-10-34/h7-8,11-15,28,35H,4-6,9-10,16-17H2,1-3H3,(H,32,33). The van der Waals surface area contributed by atoms with Gasteiger partial charge in [0.25, 0.3) is 0 Å². The quantitative estimate of drug-likeness (QED) is 0.225. The molecule has 1 saturated heterocycles. The highest BCUT2D eigenvalue weighted by Gasteiger charge is 2.20. The number of anilines is 1. The lowest BCUT2D eigenvalue weighted by atomic mass is 10.0. The molecule has 9 heteroatoms. The predicted octanol–water partition coefficient (Wildman–Crippen LogP) is 4.62. The Kier molecular flexibility index (Phi) is 7.25. The lowest BCUT2D eigenvalue weighted by Crippen LogP contribution is -2.20. The van der Waals surface area contributed by atoms with Gasteiger partial charge >= 0.3 is 0 Å². The number of likely N-dealkylation sites (tertiary alicyclic amines) is 1. The van der Waals surface area contributed by atoms with Crippen LogP contribution in [0.25, 0.3) is 32.6 Å². The van der Waals surface area contributed by atoms with Crippen LogP contribution in [0.3, 0.4) is 0 Å².